The predicted molar refractivity (Wildman–Crippen MR) is 132 cm³/mol. The Morgan fingerprint density at radius 1 is 1.10 bits per heavy atom. The van der Waals surface area contributed by atoms with Crippen LogP contribution in [0.3, 0.4) is 0 Å². The van der Waals surface area contributed by atoms with Gasteiger partial charge in [-0.2, -0.15) is 5.10 Å². The molecule has 4 N–H and O–H groups in total. The number of piperidine rings is 1. The van der Waals surface area contributed by atoms with Crippen molar-refractivity contribution in [1.29, 1.82) is 0 Å². The minimum Gasteiger partial charge on any atom is -0.448 e. The van der Waals surface area contributed by atoms with Gasteiger partial charge in [0.15, 0.2) is 17.3 Å². The number of hydroxylamine groups is 2. The maximum Gasteiger partial charge on any atom is 0.525 e. The van der Waals surface area contributed by atoms with E-state index in [-0.39, 0.29) is 24.9 Å². The van der Waals surface area contributed by atoms with Gasteiger partial charge in [0.05, 0.1) is 23.5 Å². The van der Waals surface area contributed by atoms with E-state index in [1.807, 2.05) is 0 Å². The van der Waals surface area contributed by atoms with Gasteiger partial charge in [0.1, 0.15) is 23.7 Å². The molecule has 2 aromatic heterocycles. The monoisotopic (exact) mass is 541 g/mol. The highest BCUT2D eigenvalue weighted by Crippen LogP contribution is 2.34. The normalized spacial score (nSPS) is 15.8. The molecule has 3 heterocycles. The van der Waals surface area contributed by atoms with E-state index in [4.69, 9.17) is 20.8 Å². The largest absolute Gasteiger partial charge is 0.525 e. The van der Waals surface area contributed by atoms with Gasteiger partial charge in [0, 0.05) is 24.7 Å². The summed E-state index contributed by atoms with van der Waals surface area (Å²) in [6.45, 7) is 0.746. The number of nitrogens with zero attached hydrogens (tertiary/aromatic N) is 5. The first-order valence-corrected chi connectivity index (χ1v) is 11.9. The fraction of sp³-hybridized carbons (Fsp3) is 0.240. The number of amides is 1. The first-order chi connectivity index (χ1) is 18.7. The summed E-state index contributed by atoms with van der Waals surface area (Å²) in [5, 5.41) is 18.1. The third-order valence-electron chi connectivity index (χ3n) is 6.37. The Bertz CT molecular complexity index is 1560. The van der Waals surface area contributed by atoms with Crippen LogP contribution in [0.15, 0.2) is 42.7 Å². The zero-order valence-corrected chi connectivity index (χ0v) is 20.3. The number of hydrogen-bond acceptors (Lipinski definition) is 8. The summed E-state index contributed by atoms with van der Waals surface area (Å²) < 4.78 is 42.2. The van der Waals surface area contributed by atoms with Crippen LogP contribution >= 0.6 is 0 Å². The molecule has 1 fully saturated rings. The number of rotatable bonds is 6. The number of nitrogens with one attached hydrogen (secondary N) is 1. The van der Waals surface area contributed by atoms with Crippen LogP contribution in [0.25, 0.3) is 22.3 Å². The summed E-state index contributed by atoms with van der Waals surface area (Å²) in [7, 11) is 0. The Kier molecular flexibility index (Phi) is 7.02. The summed E-state index contributed by atoms with van der Waals surface area (Å²) in [5.41, 5.74) is 7.91. The van der Waals surface area contributed by atoms with Crippen molar-refractivity contribution < 1.29 is 32.7 Å². The first-order valence-electron chi connectivity index (χ1n) is 11.9. The van der Waals surface area contributed by atoms with E-state index in [0.29, 0.717) is 53.0 Å². The predicted octanol–water partition coefficient (Wildman–Crippen LogP) is 3.67. The lowest BCUT2D eigenvalue weighted by Crippen LogP contribution is -2.38. The Balaban J connectivity index is 1.37. The van der Waals surface area contributed by atoms with Crippen LogP contribution in [-0.2, 0) is 11.4 Å². The first kappa shape index (κ1) is 25.9. The molecule has 1 aliphatic heterocycles. The summed E-state index contributed by atoms with van der Waals surface area (Å²) in [5.74, 6) is -4.54. The average molecular weight is 541 g/mol. The van der Waals surface area contributed by atoms with Crippen molar-refractivity contribution in [3.8, 4) is 11.3 Å². The van der Waals surface area contributed by atoms with Crippen molar-refractivity contribution in [2.45, 2.75) is 25.4 Å². The SMILES string of the molecule is Nc1ncnc2c1c(-c1ccc(CNC(=O)c3cc(F)c(F)cc3F)cc1)nn2[C@@H]1CCCN(OC(=O)O)C1. The quantitative estimate of drug-likeness (QED) is 0.311. The van der Waals surface area contributed by atoms with Crippen LogP contribution in [0.5, 0.6) is 0 Å². The summed E-state index contributed by atoms with van der Waals surface area (Å²) >= 11 is 0. The standard InChI is InChI=1S/C25H22F3N7O4/c26-17-9-19(28)18(27)8-16(17)24(36)30-10-13-3-5-14(6-4-13)21-20-22(29)31-12-32-23(20)35(33-21)15-2-1-7-34(11-15)39-25(37)38/h3-6,8-9,12,15H,1-2,7,10-11H2,(H,30,36)(H,37,38)(H2,29,31,32)/t15-/m1/s1. The second-order valence-corrected chi connectivity index (χ2v) is 8.92. The Morgan fingerprint density at radius 2 is 1.85 bits per heavy atom. The number of benzene rings is 2. The highest BCUT2D eigenvalue weighted by Gasteiger charge is 2.28. The average Bonchev–Trinajstić information content (AvgIpc) is 3.30. The molecule has 1 atom stereocenters. The number of nitrogen functional groups attached to an aromatic ring is 1. The molecule has 1 saturated heterocycles. The van der Waals surface area contributed by atoms with Gasteiger partial charge in [-0.05, 0) is 24.5 Å². The van der Waals surface area contributed by atoms with Crippen LogP contribution in [0, 0.1) is 17.5 Å². The molecule has 202 valence electrons. The summed E-state index contributed by atoms with van der Waals surface area (Å²) in [6.07, 6.45) is 1.34. The van der Waals surface area contributed by atoms with Crippen molar-refractivity contribution in [2.75, 3.05) is 18.8 Å². The van der Waals surface area contributed by atoms with Crippen LogP contribution in [-0.4, -0.2) is 55.1 Å². The van der Waals surface area contributed by atoms with E-state index < -0.39 is 35.1 Å². The van der Waals surface area contributed by atoms with Crippen molar-refractivity contribution in [3.05, 3.63) is 71.3 Å². The lowest BCUT2D eigenvalue weighted by Gasteiger charge is -2.30. The molecular formula is C25H22F3N7O4. The number of hydrogen-bond donors (Lipinski definition) is 3. The third-order valence-corrected chi connectivity index (χ3v) is 6.37. The molecule has 4 aromatic rings. The molecule has 0 aliphatic carbocycles. The summed E-state index contributed by atoms with van der Waals surface area (Å²) in [6, 6.07) is 7.53. The number of anilines is 1. The van der Waals surface area contributed by atoms with Gasteiger partial charge < -0.3 is 21.0 Å². The molecule has 0 saturated carbocycles. The second-order valence-electron chi connectivity index (χ2n) is 8.92. The molecule has 1 aliphatic rings. The van der Waals surface area contributed by atoms with Gasteiger partial charge in [-0.3, -0.25) is 4.79 Å². The van der Waals surface area contributed by atoms with E-state index in [1.54, 1.807) is 28.9 Å². The van der Waals surface area contributed by atoms with E-state index in [1.165, 1.54) is 11.4 Å². The topological polar surface area (TPSA) is 148 Å². The number of fused-ring (bicyclic) bond motifs is 1. The Labute approximate surface area is 219 Å². The molecule has 0 bridgehead atoms. The lowest BCUT2D eigenvalue weighted by molar-refractivity contribution is -0.138. The highest BCUT2D eigenvalue weighted by molar-refractivity contribution is 5.98. The van der Waals surface area contributed by atoms with Gasteiger partial charge in [0.2, 0.25) is 0 Å². The third kappa shape index (κ3) is 5.31. The fourth-order valence-corrected chi connectivity index (χ4v) is 4.52. The van der Waals surface area contributed by atoms with Gasteiger partial charge in [0.25, 0.3) is 5.91 Å². The van der Waals surface area contributed by atoms with Crippen molar-refractivity contribution in [3.63, 3.8) is 0 Å². The Morgan fingerprint density at radius 3 is 2.59 bits per heavy atom. The molecule has 2 aromatic carbocycles. The molecule has 1 amide bonds. The van der Waals surface area contributed by atoms with Crippen molar-refractivity contribution in [2.24, 2.45) is 0 Å². The smallest absolute Gasteiger partial charge is 0.448 e. The number of carboxylic acid groups (broad SMARTS) is 1. The Hall–Kier alpha value is -4.72. The number of halogens is 3. The van der Waals surface area contributed by atoms with Gasteiger partial charge in [-0.1, -0.05) is 24.3 Å². The van der Waals surface area contributed by atoms with E-state index in [9.17, 15) is 22.8 Å². The van der Waals surface area contributed by atoms with Crippen molar-refractivity contribution in [1.82, 2.24) is 30.1 Å². The maximum absolute atomic E-state index is 13.9. The van der Waals surface area contributed by atoms with E-state index >= 15 is 0 Å². The van der Waals surface area contributed by atoms with Gasteiger partial charge in [-0.25, -0.2) is 32.6 Å². The van der Waals surface area contributed by atoms with Gasteiger partial charge >= 0.3 is 6.16 Å². The van der Waals surface area contributed by atoms with Crippen molar-refractivity contribution >= 4 is 28.9 Å². The number of carbonyl (C=O) groups excluding carboxylic acids is 1. The van der Waals surface area contributed by atoms with Gasteiger partial charge in [-0.15, -0.1) is 5.06 Å². The summed E-state index contributed by atoms with van der Waals surface area (Å²) in [4.78, 5) is 36.6. The molecule has 5 rings (SSSR count). The minimum absolute atomic E-state index is 0.000523. The fourth-order valence-electron chi connectivity index (χ4n) is 4.52. The van der Waals surface area contributed by atoms with Crippen LogP contribution in [0.1, 0.15) is 34.8 Å². The zero-order valence-electron chi connectivity index (χ0n) is 20.3. The molecule has 14 heteroatoms. The molecule has 0 unspecified atom stereocenters. The van der Waals surface area contributed by atoms with E-state index in [0.717, 1.165) is 6.42 Å². The van der Waals surface area contributed by atoms with Crippen LogP contribution < -0.4 is 11.1 Å². The molecular weight excluding hydrogens is 519 g/mol. The number of nitrogens with two attached hydrogens (primary N) is 1. The maximum atomic E-state index is 13.9. The molecule has 0 radical (unpaired) electrons. The highest BCUT2D eigenvalue weighted by atomic mass is 19.2. The van der Waals surface area contributed by atoms with Crippen LogP contribution in [0.4, 0.5) is 23.8 Å². The number of aromatic nitrogens is 4. The van der Waals surface area contributed by atoms with E-state index in [2.05, 4.69) is 15.3 Å². The molecule has 0 spiro atoms. The second kappa shape index (κ2) is 10.6. The molecule has 11 nitrogen and oxygen atoms in total. The molecule has 39 heavy (non-hydrogen) atoms. The zero-order chi connectivity index (χ0) is 27.7. The number of carbonyl (C=O) groups is 2. The lowest BCUT2D eigenvalue weighted by atomic mass is 10.1. The van der Waals surface area contributed by atoms with Crippen LogP contribution in [0.2, 0.25) is 0 Å². The minimum atomic E-state index is -1.39.